The number of carboxylic acid groups (broad SMARTS) is 1. The molecule has 1 aromatic carbocycles. The van der Waals surface area contributed by atoms with Crippen molar-refractivity contribution in [2.24, 2.45) is 11.3 Å². The Morgan fingerprint density at radius 2 is 2.10 bits per heavy atom. The van der Waals surface area contributed by atoms with E-state index in [1.165, 1.54) is 12.5 Å². The molecule has 2 unspecified atom stereocenters. The molecule has 1 saturated carbocycles. The van der Waals surface area contributed by atoms with Crippen molar-refractivity contribution in [1.29, 1.82) is 0 Å². The average molecular weight is 277 g/mol. The van der Waals surface area contributed by atoms with Gasteiger partial charge < -0.3 is 15.6 Å². The second-order valence-electron chi connectivity index (χ2n) is 6.71. The number of nitrogens with two attached hydrogens (primary N) is 1. The number of carboxylic acids is 1. The number of nitrogen functional groups attached to an aromatic ring is 1. The van der Waals surface area contributed by atoms with Crippen LogP contribution < -0.4 is 10.5 Å². The topological polar surface area (TPSA) is 72.5 Å². The molecule has 3 N–H and O–H groups in total. The summed E-state index contributed by atoms with van der Waals surface area (Å²) in [6.45, 7) is 6.78. The quantitative estimate of drug-likeness (QED) is 0.828. The first-order valence-electron chi connectivity index (χ1n) is 7.06. The SMILES string of the molecule is CC1CC(Oc2ccc(C(=O)O)c(N)c2)CC(C)(C)C1. The summed E-state index contributed by atoms with van der Waals surface area (Å²) in [4.78, 5) is 10.9. The molecule has 0 aromatic heterocycles. The fraction of sp³-hybridized carbons (Fsp3) is 0.562. The van der Waals surface area contributed by atoms with Crippen LogP contribution in [0.2, 0.25) is 0 Å². The first-order valence-corrected chi connectivity index (χ1v) is 7.06. The lowest BCUT2D eigenvalue weighted by molar-refractivity contribution is 0.0563. The van der Waals surface area contributed by atoms with E-state index >= 15 is 0 Å². The van der Waals surface area contributed by atoms with Gasteiger partial charge in [-0.15, -0.1) is 0 Å². The Hall–Kier alpha value is -1.71. The number of benzene rings is 1. The number of ether oxygens (including phenoxy) is 1. The van der Waals surface area contributed by atoms with Gasteiger partial charge in [-0.3, -0.25) is 0 Å². The monoisotopic (exact) mass is 277 g/mol. The van der Waals surface area contributed by atoms with Crippen molar-refractivity contribution in [3.63, 3.8) is 0 Å². The van der Waals surface area contributed by atoms with Crippen LogP contribution in [0.15, 0.2) is 18.2 Å². The predicted molar refractivity (Wildman–Crippen MR) is 79.0 cm³/mol. The summed E-state index contributed by atoms with van der Waals surface area (Å²) < 4.78 is 6.00. The summed E-state index contributed by atoms with van der Waals surface area (Å²) in [5.74, 6) is 0.281. The van der Waals surface area contributed by atoms with Crippen LogP contribution in [0.25, 0.3) is 0 Å². The number of aromatic carboxylic acids is 1. The third kappa shape index (κ3) is 3.44. The highest BCUT2D eigenvalue weighted by Gasteiger charge is 2.33. The number of hydrogen-bond acceptors (Lipinski definition) is 3. The summed E-state index contributed by atoms with van der Waals surface area (Å²) in [6, 6.07) is 4.80. The molecule has 1 aromatic rings. The van der Waals surface area contributed by atoms with Crippen molar-refractivity contribution < 1.29 is 14.6 Å². The lowest BCUT2D eigenvalue weighted by atomic mass is 9.71. The number of carbonyl (C=O) groups is 1. The Morgan fingerprint density at radius 3 is 2.65 bits per heavy atom. The second kappa shape index (κ2) is 5.35. The van der Waals surface area contributed by atoms with Crippen LogP contribution >= 0.6 is 0 Å². The van der Waals surface area contributed by atoms with Gasteiger partial charge in [0.25, 0.3) is 0 Å². The van der Waals surface area contributed by atoms with E-state index in [1.54, 1.807) is 12.1 Å². The van der Waals surface area contributed by atoms with Crippen molar-refractivity contribution in [3.8, 4) is 5.75 Å². The normalized spacial score (nSPS) is 25.1. The molecule has 1 fully saturated rings. The van der Waals surface area contributed by atoms with Gasteiger partial charge >= 0.3 is 5.97 Å². The standard InChI is InChI=1S/C16H23NO3/c1-10-6-12(9-16(2,3)8-10)20-11-4-5-13(15(18)19)14(17)7-11/h4-5,7,10,12H,6,8-9,17H2,1-3H3,(H,18,19). The van der Waals surface area contributed by atoms with Crippen molar-refractivity contribution in [1.82, 2.24) is 0 Å². The highest BCUT2D eigenvalue weighted by atomic mass is 16.5. The van der Waals surface area contributed by atoms with Gasteiger partial charge in [-0.25, -0.2) is 4.79 Å². The van der Waals surface area contributed by atoms with Gasteiger partial charge in [0.05, 0.1) is 11.7 Å². The highest BCUT2D eigenvalue weighted by Crippen LogP contribution is 2.40. The zero-order chi connectivity index (χ0) is 14.9. The lowest BCUT2D eigenvalue weighted by Gasteiger charge is -2.38. The van der Waals surface area contributed by atoms with Crippen LogP contribution in [0.3, 0.4) is 0 Å². The average Bonchev–Trinajstić information content (AvgIpc) is 2.25. The molecule has 2 rings (SSSR count). The third-order valence-electron chi connectivity index (χ3n) is 3.90. The molecular formula is C16H23NO3. The summed E-state index contributed by atoms with van der Waals surface area (Å²) >= 11 is 0. The maximum atomic E-state index is 10.9. The summed E-state index contributed by atoms with van der Waals surface area (Å²) in [5, 5.41) is 8.96. The lowest BCUT2D eigenvalue weighted by Crippen LogP contribution is -2.34. The van der Waals surface area contributed by atoms with Crippen LogP contribution in [0.4, 0.5) is 5.69 Å². The smallest absolute Gasteiger partial charge is 0.337 e. The molecule has 20 heavy (non-hydrogen) atoms. The van der Waals surface area contributed by atoms with E-state index in [9.17, 15) is 4.79 Å². The van der Waals surface area contributed by atoms with E-state index < -0.39 is 5.97 Å². The zero-order valence-corrected chi connectivity index (χ0v) is 12.3. The van der Waals surface area contributed by atoms with Crippen molar-refractivity contribution in [3.05, 3.63) is 23.8 Å². The van der Waals surface area contributed by atoms with Crippen molar-refractivity contribution >= 4 is 11.7 Å². The minimum Gasteiger partial charge on any atom is -0.490 e. The van der Waals surface area contributed by atoms with Crippen LogP contribution in [0, 0.1) is 11.3 Å². The van der Waals surface area contributed by atoms with Gasteiger partial charge in [-0.1, -0.05) is 20.8 Å². The number of hydrogen-bond donors (Lipinski definition) is 2. The van der Waals surface area contributed by atoms with E-state index in [2.05, 4.69) is 20.8 Å². The van der Waals surface area contributed by atoms with Gasteiger partial charge in [0.2, 0.25) is 0 Å². The van der Waals surface area contributed by atoms with Crippen molar-refractivity contribution in [2.45, 2.75) is 46.1 Å². The van der Waals surface area contributed by atoms with Gasteiger partial charge in [-0.2, -0.15) is 0 Å². The van der Waals surface area contributed by atoms with Crippen LogP contribution in [-0.4, -0.2) is 17.2 Å². The molecule has 0 bridgehead atoms. The largest absolute Gasteiger partial charge is 0.490 e. The Labute approximate surface area is 119 Å². The molecule has 4 nitrogen and oxygen atoms in total. The van der Waals surface area contributed by atoms with Crippen LogP contribution in [0.5, 0.6) is 5.75 Å². The minimum absolute atomic E-state index is 0.120. The molecule has 0 spiro atoms. The predicted octanol–water partition coefficient (Wildman–Crippen LogP) is 3.56. The molecule has 4 heteroatoms. The maximum Gasteiger partial charge on any atom is 0.337 e. The molecule has 0 heterocycles. The Kier molecular flexibility index (Phi) is 3.93. The molecule has 0 saturated heterocycles. The molecule has 1 aliphatic rings. The Bertz CT molecular complexity index is 510. The first kappa shape index (κ1) is 14.7. The molecule has 2 atom stereocenters. The summed E-state index contributed by atoms with van der Waals surface area (Å²) in [7, 11) is 0. The fourth-order valence-electron chi connectivity index (χ4n) is 3.35. The highest BCUT2D eigenvalue weighted by molar-refractivity contribution is 5.93. The Balaban J connectivity index is 2.10. The molecule has 1 aliphatic carbocycles. The van der Waals surface area contributed by atoms with Gasteiger partial charge in [0.15, 0.2) is 0 Å². The van der Waals surface area contributed by atoms with E-state index in [1.807, 2.05) is 0 Å². The molecule has 110 valence electrons. The van der Waals surface area contributed by atoms with Crippen LogP contribution in [0.1, 0.15) is 50.4 Å². The first-order chi connectivity index (χ1) is 9.27. The summed E-state index contributed by atoms with van der Waals surface area (Å²) in [6.07, 6.45) is 3.43. The number of anilines is 1. The van der Waals surface area contributed by atoms with E-state index in [-0.39, 0.29) is 22.8 Å². The van der Waals surface area contributed by atoms with E-state index in [0.717, 1.165) is 12.8 Å². The van der Waals surface area contributed by atoms with E-state index in [0.29, 0.717) is 11.7 Å². The molecular weight excluding hydrogens is 254 g/mol. The van der Waals surface area contributed by atoms with Gasteiger partial charge in [-0.05, 0) is 42.7 Å². The molecule has 0 aliphatic heterocycles. The van der Waals surface area contributed by atoms with E-state index in [4.69, 9.17) is 15.6 Å². The minimum atomic E-state index is -1.01. The van der Waals surface area contributed by atoms with Gasteiger partial charge in [0, 0.05) is 11.8 Å². The summed E-state index contributed by atoms with van der Waals surface area (Å²) in [5.41, 5.74) is 6.40. The Morgan fingerprint density at radius 1 is 1.40 bits per heavy atom. The van der Waals surface area contributed by atoms with Crippen molar-refractivity contribution in [2.75, 3.05) is 5.73 Å². The second-order valence-corrected chi connectivity index (χ2v) is 6.71. The number of rotatable bonds is 3. The van der Waals surface area contributed by atoms with Gasteiger partial charge in [0.1, 0.15) is 5.75 Å². The maximum absolute atomic E-state index is 10.9. The molecule has 0 radical (unpaired) electrons. The fourth-order valence-corrected chi connectivity index (χ4v) is 3.35. The third-order valence-corrected chi connectivity index (χ3v) is 3.90. The molecule has 0 amide bonds. The van der Waals surface area contributed by atoms with Crippen LogP contribution in [-0.2, 0) is 0 Å². The zero-order valence-electron chi connectivity index (χ0n) is 12.3.